The highest BCUT2D eigenvalue weighted by Crippen LogP contribution is 2.18. The van der Waals surface area contributed by atoms with Gasteiger partial charge in [-0.15, -0.1) is 12.4 Å². The number of rotatable bonds is 6. The molecule has 0 aromatic heterocycles. The Labute approximate surface area is 118 Å². The zero-order chi connectivity index (χ0) is 13.5. The number of hydrogen-bond acceptors (Lipinski definition) is 4. The topological polar surface area (TPSA) is 84.3 Å². The first-order valence-corrected chi connectivity index (χ1v) is 5.80. The van der Waals surface area contributed by atoms with Gasteiger partial charge in [0.25, 0.3) is 11.6 Å². The molecule has 0 saturated heterocycles. The summed E-state index contributed by atoms with van der Waals surface area (Å²) in [5.74, 6) is -0.217. The van der Waals surface area contributed by atoms with Gasteiger partial charge in [0, 0.05) is 30.3 Å². The molecule has 1 aromatic carbocycles. The summed E-state index contributed by atoms with van der Waals surface area (Å²) in [5, 5.41) is 16.5. The lowest BCUT2D eigenvalue weighted by atomic mass is 10.1. The second-order valence-electron chi connectivity index (χ2n) is 3.87. The van der Waals surface area contributed by atoms with Crippen molar-refractivity contribution in [1.82, 2.24) is 10.6 Å². The molecular formula is C12H18ClN3O3. The molecule has 0 aliphatic rings. The number of carbonyl (C=O) groups is 1. The molecule has 0 aliphatic heterocycles. The van der Waals surface area contributed by atoms with E-state index in [-0.39, 0.29) is 24.0 Å². The predicted molar refractivity (Wildman–Crippen MR) is 76.0 cm³/mol. The number of amides is 1. The average Bonchev–Trinajstić information content (AvgIpc) is 2.33. The molecule has 0 atom stereocenters. The molecule has 0 saturated carbocycles. The van der Waals surface area contributed by atoms with Gasteiger partial charge in [-0.05, 0) is 25.6 Å². The Morgan fingerprint density at radius 3 is 2.58 bits per heavy atom. The number of benzene rings is 1. The molecule has 7 heteroatoms. The van der Waals surface area contributed by atoms with Crippen LogP contribution in [0.25, 0.3) is 0 Å². The molecule has 106 valence electrons. The van der Waals surface area contributed by atoms with E-state index in [4.69, 9.17) is 0 Å². The summed E-state index contributed by atoms with van der Waals surface area (Å²) < 4.78 is 0. The summed E-state index contributed by atoms with van der Waals surface area (Å²) in [6.07, 6.45) is 0. The normalized spacial score (nSPS) is 9.58. The SMILES string of the molecule is CCNCCNC(=O)c1ccc([N+](=O)[O-])c(C)c1.Cl. The van der Waals surface area contributed by atoms with E-state index < -0.39 is 4.92 Å². The molecule has 1 aromatic rings. The number of halogens is 1. The highest BCUT2D eigenvalue weighted by atomic mass is 35.5. The van der Waals surface area contributed by atoms with Gasteiger partial charge in [-0.25, -0.2) is 0 Å². The molecule has 0 radical (unpaired) electrons. The highest BCUT2D eigenvalue weighted by Gasteiger charge is 2.13. The molecule has 1 amide bonds. The van der Waals surface area contributed by atoms with E-state index in [2.05, 4.69) is 10.6 Å². The molecule has 0 aliphatic carbocycles. The van der Waals surface area contributed by atoms with Crippen LogP contribution in [0, 0.1) is 17.0 Å². The maximum absolute atomic E-state index is 11.7. The van der Waals surface area contributed by atoms with E-state index in [0.29, 0.717) is 24.2 Å². The van der Waals surface area contributed by atoms with Crippen LogP contribution in [0.1, 0.15) is 22.8 Å². The Kier molecular flexibility index (Phi) is 7.71. The monoisotopic (exact) mass is 287 g/mol. The van der Waals surface area contributed by atoms with Crippen LogP contribution in [0.4, 0.5) is 5.69 Å². The van der Waals surface area contributed by atoms with Gasteiger partial charge in [0.2, 0.25) is 0 Å². The number of aryl methyl sites for hydroxylation is 1. The Balaban J connectivity index is 0.00000324. The van der Waals surface area contributed by atoms with Crippen LogP contribution < -0.4 is 10.6 Å². The lowest BCUT2D eigenvalue weighted by molar-refractivity contribution is -0.385. The molecule has 0 fully saturated rings. The summed E-state index contributed by atoms with van der Waals surface area (Å²) in [4.78, 5) is 21.9. The van der Waals surface area contributed by atoms with E-state index in [1.807, 2.05) is 6.92 Å². The number of nitrogens with one attached hydrogen (secondary N) is 2. The Morgan fingerprint density at radius 2 is 2.05 bits per heavy atom. The quantitative estimate of drug-likeness (QED) is 0.473. The maximum Gasteiger partial charge on any atom is 0.272 e. The van der Waals surface area contributed by atoms with Crippen LogP contribution in [0.2, 0.25) is 0 Å². The van der Waals surface area contributed by atoms with Crippen molar-refractivity contribution in [3.63, 3.8) is 0 Å². The fourth-order valence-electron chi connectivity index (χ4n) is 1.54. The number of nitrogens with zero attached hydrogens (tertiary/aromatic N) is 1. The van der Waals surface area contributed by atoms with Crippen molar-refractivity contribution in [2.45, 2.75) is 13.8 Å². The predicted octanol–water partition coefficient (Wildman–Crippen LogP) is 1.66. The standard InChI is InChI=1S/C12H17N3O3.ClH/c1-3-13-6-7-14-12(16)10-4-5-11(15(17)18)9(2)8-10;/h4-5,8,13H,3,6-7H2,1-2H3,(H,14,16);1H. The van der Waals surface area contributed by atoms with E-state index in [1.54, 1.807) is 6.92 Å². The van der Waals surface area contributed by atoms with Crippen molar-refractivity contribution in [1.29, 1.82) is 0 Å². The van der Waals surface area contributed by atoms with Gasteiger partial charge in [-0.1, -0.05) is 6.92 Å². The largest absolute Gasteiger partial charge is 0.351 e. The Bertz CT molecular complexity index is 452. The second-order valence-corrected chi connectivity index (χ2v) is 3.87. The fraction of sp³-hybridized carbons (Fsp3) is 0.417. The minimum atomic E-state index is -0.456. The van der Waals surface area contributed by atoms with E-state index in [0.717, 1.165) is 6.54 Å². The van der Waals surface area contributed by atoms with Crippen molar-refractivity contribution in [2.24, 2.45) is 0 Å². The van der Waals surface area contributed by atoms with Crippen LogP contribution in [-0.4, -0.2) is 30.5 Å². The number of carbonyl (C=O) groups excluding carboxylic acids is 1. The summed E-state index contributed by atoms with van der Waals surface area (Å²) >= 11 is 0. The van der Waals surface area contributed by atoms with E-state index in [9.17, 15) is 14.9 Å². The summed E-state index contributed by atoms with van der Waals surface area (Å²) in [7, 11) is 0. The second kappa shape index (κ2) is 8.44. The van der Waals surface area contributed by atoms with Gasteiger partial charge < -0.3 is 10.6 Å². The molecule has 0 unspecified atom stereocenters. The van der Waals surface area contributed by atoms with Gasteiger partial charge >= 0.3 is 0 Å². The molecule has 0 spiro atoms. The van der Waals surface area contributed by atoms with Crippen molar-refractivity contribution < 1.29 is 9.72 Å². The van der Waals surface area contributed by atoms with Gasteiger partial charge in [0.05, 0.1) is 4.92 Å². The molecule has 19 heavy (non-hydrogen) atoms. The maximum atomic E-state index is 11.7. The number of nitro benzene ring substituents is 1. The van der Waals surface area contributed by atoms with Gasteiger partial charge in [0.15, 0.2) is 0 Å². The lowest BCUT2D eigenvalue weighted by Gasteiger charge is -2.06. The molecule has 6 nitrogen and oxygen atoms in total. The molecule has 2 N–H and O–H groups in total. The fourth-order valence-corrected chi connectivity index (χ4v) is 1.54. The first-order valence-electron chi connectivity index (χ1n) is 5.80. The van der Waals surface area contributed by atoms with Crippen LogP contribution in [0.5, 0.6) is 0 Å². The number of likely N-dealkylation sites (N-methyl/N-ethyl adjacent to an activating group) is 1. The third-order valence-electron chi connectivity index (χ3n) is 2.49. The molecule has 0 heterocycles. The third-order valence-corrected chi connectivity index (χ3v) is 2.49. The Hall–Kier alpha value is -1.66. The van der Waals surface area contributed by atoms with Gasteiger partial charge in [0.1, 0.15) is 0 Å². The van der Waals surface area contributed by atoms with Gasteiger partial charge in [-0.3, -0.25) is 14.9 Å². The van der Waals surface area contributed by atoms with Crippen LogP contribution in [-0.2, 0) is 0 Å². The zero-order valence-corrected chi connectivity index (χ0v) is 11.8. The van der Waals surface area contributed by atoms with Crippen molar-refractivity contribution >= 4 is 24.0 Å². The van der Waals surface area contributed by atoms with Crippen LogP contribution in [0.15, 0.2) is 18.2 Å². The molecular weight excluding hydrogens is 270 g/mol. The van der Waals surface area contributed by atoms with E-state index >= 15 is 0 Å². The van der Waals surface area contributed by atoms with Crippen molar-refractivity contribution in [3.05, 3.63) is 39.4 Å². The van der Waals surface area contributed by atoms with Crippen LogP contribution >= 0.6 is 12.4 Å². The zero-order valence-electron chi connectivity index (χ0n) is 10.9. The summed E-state index contributed by atoms with van der Waals surface area (Å²) in [6, 6.07) is 4.35. The summed E-state index contributed by atoms with van der Waals surface area (Å²) in [6.45, 7) is 5.69. The molecule has 0 bridgehead atoms. The minimum Gasteiger partial charge on any atom is -0.351 e. The first kappa shape index (κ1) is 17.3. The minimum absolute atomic E-state index is 0. The van der Waals surface area contributed by atoms with Crippen molar-refractivity contribution in [2.75, 3.05) is 19.6 Å². The highest BCUT2D eigenvalue weighted by molar-refractivity contribution is 5.94. The smallest absolute Gasteiger partial charge is 0.272 e. The average molecular weight is 288 g/mol. The van der Waals surface area contributed by atoms with E-state index in [1.165, 1.54) is 18.2 Å². The third kappa shape index (κ3) is 5.23. The first-order chi connectivity index (χ1) is 8.56. The summed E-state index contributed by atoms with van der Waals surface area (Å²) in [5.41, 5.74) is 0.952. The molecule has 1 rings (SSSR count). The number of hydrogen-bond donors (Lipinski definition) is 2. The van der Waals surface area contributed by atoms with Gasteiger partial charge in [-0.2, -0.15) is 0 Å². The van der Waals surface area contributed by atoms with Crippen LogP contribution in [0.3, 0.4) is 0 Å². The number of nitro groups is 1. The van der Waals surface area contributed by atoms with Crippen molar-refractivity contribution in [3.8, 4) is 0 Å². The lowest BCUT2D eigenvalue weighted by Crippen LogP contribution is -2.31. The Morgan fingerprint density at radius 1 is 1.37 bits per heavy atom.